The van der Waals surface area contributed by atoms with E-state index in [1.54, 1.807) is 0 Å². The molecule has 4 heteroatoms. The largest absolute Gasteiger partial charge is 0.454 e. The topological polar surface area (TPSA) is 32.8 Å². The molecule has 0 aliphatic carbocycles. The number of benzene rings is 10. The van der Waals surface area contributed by atoms with Crippen LogP contribution in [0.3, 0.4) is 0 Å². The molecule has 68 heavy (non-hydrogen) atoms. The van der Waals surface area contributed by atoms with Crippen LogP contribution in [-0.2, 0) is 0 Å². The Morgan fingerprint density at radius 2 is 0.603 bits per heavy atom. The summed E-state index contributed by atoms with van der Waals surface area (Å²) in [6, 6.07) is 77.9. The van der Waals surface area contributed by atoms with E-state index in [0.717, 1.165) is 134 Å². The number of hydrogen-bond acceptors (Lipinski definition) is 4. The first-order chi connectivity index (χ1) is 33.4. The quantitative estimate of drug-likeness (QED) is 0.145. The van der Waals surface area contributed by atoms with E-state index in [0.29, 0.717) is 0 Å². The Morgan fingerprint density at radius 1 is 0.279 bits per heavy atom. The molecule has 0 saturated heterocycles. The minimum atomic E-state index is 0.859. The molecular weight excluding hydrogens is 829 g/mol. The highest BCUT2D eigenvalue weighted by Gasteiger charge is 2.27. The summed E-state index contributed by atoms with van der Waals surface area (Å²) >= 11 is 0. The Labute approximate surface area is 396 Å². The number of para-hydroxylation sites is 6. The van der Waals surface area contributed by atoms with Gasteiger partial charge in [0, 0.05) is 32.7 Å². The molecule has 4 nitrogen and oxygen atoms in total. The molecule has 0 fully saturated rings. The molecular formula is C64H48N2O2. The van der Waals surface area contributed by atoms with Crippen molar-refractivity contribution < 1.29 is 8.83 Å². The third-order valence-corrected chi connectivity index (χ3v) is 13.5. The molecule has 2 heterocycles. The summed E-state index contributed by atoms with van der Waals surface area (Å²) in [7, 11) is 0. The lowest BCUT2D eigenvalue weighted by Crippen LogP contribution is -2.15. The lowest BCUT2D eigenvalue weighted by molar-refractivity contribution is 0.668. The predicted octanol–water partition coefficient (Wildman–Crippen LogP) is 18.7. The summed E-state index contributed by atoms with van der Waals surface area (Å²) in [5.74, 6) is 0. The van der Waals surface area contributed by atoms with E-state index in [-0.39, 0.29) is 0 Å². The van der Waals surface area contributed by atoms with Crippen molar-refractivity contribution in [2.24, 2.45) is 0 Å². The average Bonchev–Trinajstić information content (AvgIpc) is 3.96. The maximum Gasteiger partial charge on any atom is 0.159 e. The van der Waals surface area contributed by atoms with Gasteiger partial charge in [-0.2, -0.15) is 0 Å². The first-order valence-electron chi connectivity index (χ1n) is 23.3. The maximum atomic E-state index is 6.77. The van der Waals surface area contributed by atoms with Gasteiger partial charge in [0.15, 0.2) is 11.2 Å². The molecule has 0 bridgehead atoms. The number of anilines is 6. The number of rotatable bonds is 9. The van der Waals surface area contributed by atoms with Gasteiger partial charge < -0.3 is 18.6 Å². The fourth-order valence-electron chi connectivity index (χ4n) is 10.6. The minimum absolute atomic E-state index is 0.859. The first-order valence-corrected chi connectivity index (χ1v) is 23.3. The summed E-state index contributed by atoms with van der Waals surface area (Å²) in [4.78, 5) is 4.84. The van der Waals surface area contributed by atoms with Crippen LogP contribution in [0.15, 0.2) is 227 Å². The number of hydrogen-bond donors (Lipinski definition) is 0. The molecule has 2 aromatic heterocycles. The molecule has 0 aliphatic rings. The van der Waals surface area contributed by atoms with E-state index in [1.807, 2.05) is 12.1 Å². The Morgan fingerprint density at radius 3 is 1.01 bits per heavy atom. The fourth-order valence-corrected chi connectivity index (χ4v) is 10.6. The maximum absolute atomic E-state index is 6.77. The molecule has 0 saturated carbocycles. The number of nitrogens with zero attached hydrogens (tertiary/aromatic N) is 2. The monoisotopic (exact) mass is 876 g/mol. The zero-order valence-corrected chi connectivity index (χ0v) is 38.5. The highest BCUT2D eigenvalue weighted by Crippen LogP contribution is 2.50. The van der Waals surface area contributed by atoms with Gasteiger partial charge >= 0.3 is 0 Å². The molecule has 10 aromatic carbocycles. The third-order valence-electron chi connectivity index (χ3n) is 13.5. The lowest BCUT2D eigenvalue weighted by Gasteiger charge is -2.32. The highest BCUT2D eigenvalue weighted by molar-refractivity contribution is 6.12. The van der Waals surface area contributed by atoms with Gasteiger partial charge in [-0.25, -0.2) is 0 Å². The van der Waals surface area contributed by atoms with E-state index in [1.165, 1.54) is 0 Å². The van der Waals surface area contributed by atoms with Crippen LogP contribution in [0.2, 0.25) is 0 Å². The third kappa shape index (κ3) is 6.84. The first kappa shape index (κ1) is 40.9. The van der Waals surface area contributed by atoms with Crippen LogP contribution in [0.1, 0.15) is 22.3 Å². The van der Waals surface area contributed by atoms with Gasteiger partial charge in [0.1, 0.15) is 11.2 Å². The van der Waals surface area contributed by atoms with Crippen LogP contribution in [0.25, 0.3) is 77.3 Å². The number of aryl methyl sites for hydroxylation is 4. The molecule has 12 rings (SSSR count). The van der Waals surface area contributed by atoms with E-state index >= 15 is 0 Å². The second-order valence-electron chi connectivity index (χ2n) is 17.9. The SMILES string of the molecule is Cc1cc(-c2cc(C)c(N(c3ccccc3-c3ccccc3)c3cccc4c3oc3ccccc34)c(C)c2)cc(C)c1N(c1ccccc1-c1ccccc1)c1cccc2c1oc1ccccc12. The van der Waals surface area contributed by atoms with Crippen LogP contribution in [-0.4, -0.2) is 0 Å². The van der Waals surface area contributed by atoms with Gasteiger partial charge in [-0.05, 0) is 133 Å². The standard InChI is InChI=1S/C64H48N2O2/c1-41-37-47(38-42(2)61(41)65(55-31-15-11-25-49(55)45-21-7-5-8-22-45)57-33-19-29-53-51-27-13-17-35-59(51)67-63(53)57)48-39-43(3)62(44(4)40-48)66(56-32-16-12-26-50(56)46-23-9-6-10-24-46)58-34-20-30-54-52-28-14-18-36-60(52)68-64(54)58/h5-40H,1-4H3. The van der Waals surface area contributed by atoms with Crippen molar-refractivity contribution in [2.75, 3.05) is 9.80 Å². The summed E-state index contributed by atoms with van der Waals surface area (Å²) < 4.78 is 13.5. The smallest absolute Gasteiger partial charge is 0.159 e. The normalized spacial score (nSPS) is 11.5. The highest BCUT2D eigenvalue weighted by atomic mass is 16.3. The Bertz CT molecular complexity index is 3560. The molecule has 0 atom stereocenters. The van der Waals surface area contributed by atoms with E-state index in [2.05, 4.69) is 244 Å². The summed E-state index contributed by atoms with van der Waals surface area (Å²) in [5.41, 5.74) is 21.4. The number of furan rings is 2. The van der Waals surface area contributed by atoms with Crippen LogP contribution in [0.5, 0.6) is 0 Å². The van der Waals surface area contributed by atoms with E-state index < -0.39 is 0 Å². The van der Waals surface area contributed by atoms with Gasteiger partial charge in [0.25, 0.3) is 0 Å². The zero-order valence-electron chi connectivity index (χ0n) is 38.5. The summed E-state index contributed by atoms with van der Waals surface area (Å²) in [5, 5.41) is 4.40. The summed E-state index contributed by atoms with van der Waals surface area (Å²) in [6.07, 6.45) is 0. The van der Waals surface area contributed by atoms with Crippen molar-refractivity contribution in [3.05, 3.63) is 241 Å². The van der Waals surface area contributed by atoms with E-state index in [9.17, 15) is 0 Å². The molecule has 0 amide bonds. The molecule has 0 spiro atoms. The lowest BCUT2D eigenvalue weighted by atomic mass is 9.93. The van der Waals surface area contributed by atoms with Crippen molar-refractivity contribution >= 4 is 78.0 Å². The fraction of sp³-hybridized carbons (Fsp3) is 0.0625. The van der Waals surface area contributed by atoms with Gasteiger partial charge in [-0.1, -0.05) is 158 Å². The van der Waals surface area contributed by atoms with Crippen LogP contribution in [0.4, 0.5) is 34.1 Å². The Hall–Kier alpha value is -8.60. The summed E-state index contributed by atoms with van der Waals surface area (Å²) in [6.45, 7) is 8.97. The number of fused-ring (bicyclic) bond motifs is 6. The molecule has 0 radical (unpaired) electrons. The van der Waals surface area contributed by atoms with Gasteiger partial charge in [-0.15, -0.1) is 0 Å². The second kappa shape index (κ2) is 16.7. The van der Waals surface area contributed by atoms with Gasteiger partial charge in [-0.3, -0.25) is 0 Å². The van der Waals surface area contributed by atoms with E-state index in [4.69, 9.17) is 8.83 Å². The Balaban J connectivity index is 1.03. The molecule has 0 N–H and O–H groups in total. The van der Waals surface area contributed by atoms with Crippen molar-refractivity contribution in [1.82, 2.24) is 0 Å². The molecule has 0 unspecified atom stereocenters. The van der Waals surface area contributed by atoms with Crippen LogP contribution >= 0.6 is 0 Å². The second-order valence-corrected chi connectivity index (χ2v) is 17.9. The predicted molar refractivity (Wildman–Crippen MR) is 286 cm³/mol. The van der Waals surface area contributed by atoms with Crippen molar-refractivity contribution in [3.8, 4) is 33.4 Å². The minimum Gasteiger partial charge on any atom is -0.454 e. The Kier molecular flexibility index (Phi) is 10.0. The zero-order chi connectivity index (χ0) is 45.9. The molecule has 0 aliphatic heterocycles. The van der Waals surface area contributed by atoms with Gasteiger partial charge in [0.05, 0.1) is 34.1 Å². The van der Waals surface area contributed by atoms with Crippen molar-refractivity contribution in [2.45, 2.75) is 27.7 Å². The van der Waals surface area contributed by atoms with Crippen molar-refractivity contribution in [1.29, 1.82) is 0 Å². The van der Waals surface area contributed by atoms with Gasteiger partial charge in [0.2, 0.25) is 0 Å². The van der Waals surface area contributed by atoms with Crippen molar-refractivity contribution in [3.63, 3.8) is 0 Å². The van der Waals surface area contributed by atoms with Crippen LogP contribution < -0.4 is 9.80 Å². The van der Waals surface area contributed by atoms with Crippen LogP contribution in [0, 0.1) is 27.7 Å². The molecule has 12 aromatic rings. The average molecular weight is 877 g/mol. The molecule has 326 valence electrons.